The predicted molar refractivity (Wildman–Crippen MR) is 65.8 cm³/mol. The second-order valence-corrected chi connectivity index (χ2v) is 4.99. The van der Waals surface area contributed by atoms with Crippen LogP contribution in [0.25, 0.3) is 0 Å². The van der Waals surface area contributed by atoms with Gasteiger partial charge in [0, 0.05) is 11.4 Å². The van der Waals surface area contributed by atoms with E-state index in [-0.39, 0.29) is 11.7 Å². The van der Waals surface area contributed by atoms with Crippen molar-refractivity contribution in [3.63, 3.8) is 0 Å². The molecular weight excluding hydrogens is 248 g/mol. The lowest BCUT2D eigenvalue weighted by Crippen LogP contribution is -2.27. The number of benzene rings is 1. The van der Waals surface area contributed by atoms with Crippen LogP contribution >= 0.6 is 11.6 Å². The first-order chi connectivity index (χ1) is 7.54. The van der Waals surface area contributed by atoms with Gasteiger partial charge in [0.25, 0.3) is 0 Å². The SMILES string of the molecule is CCNC(=O)CS(=O)c1ccc(N)c(Cl)c1. The molecule has 1 rings (SSSR count). The van der Waals surface area contributed by atoms with E-state index in [0.717, 1.165) is 0 Å². The molecule has 0 aliphatic carbocycles. The number of nitrogens with one attached hydrogen (secondary N) is 1. The summed E-state index contributed by atoms with van der Waals surface area (Å²) >= 11 is 5.80. The van der Waals surface area contributed by atoms with Crippen molar-refractivity contribution in [1.29, 1.82) is 0 Å². The number of halogens is 1. The lowest BCUT2D eigenvalue weighted by molar-refractivity contribution is -0.118. The van der Waals surface area contributed by atoms with Crippen molar-refractivity contribution in [2.75, 3.05) is 18.0 Å². The molecule has 0 spiro atoms. The van der Waals surface area contributed by atoms with E-state index in [2.05, 4.69) is 5.32 Å². The van der Waals surface area contributed by atoms with Crippen LogP contribution in [0.15, 0.2) is 23.1 Å². The van der Waals surface area contributed by atoms with Crippen LogP contribution in [-0.2, 0) is 15.6 Å². The van der Waals surface area contributed by atoms with E-state index in [0.29, 0.717) is 22.2 Å². The van der Waals surface area contributed by atoms with Crippen molar-refractivity contribution in [1.82, 2.24) is 5.32 Å². The Bertz CT molecular complexity index is 423. The molecule has 1 atom stereocenters. The summed E-state index contributed by atoms with van der Waals surface area (Å²) < 4.78 is 11.7. The quantitative estimate of drug-likeness (QED) is 0.798. The van der Waals surface area contributed by atoms with Crippen LogP contribution in [0.4, 0.5) is 5.69 Å². The second-order valence-electron chi connectivity index (χ2n) is 3.13. The fourth-order valence-electron chi connectivity index (χ4n) is 1.10. The normalized spacial score (nSPS) is 12.1. The van der Waals surface area contributed by atoms with Gasteiger partial charge in [-0.1, -0.05) is 11.6 Å². The van der Waals surface area contributed by atoms with Gasteiger partial charge in [-0.05, 0) is 25.1 Å². The summed E-state index contributed by atoms with van der Waals surface area (Å²) in [5, 5.41) is 2.93. The van der Waals surface area contributed by atoms with Crippen molar-refractivity contribution in [3.05, 3.63) is 23.2 Å². The number of carbonyl (C=O) groups excluding carboxylic acids is 1. The van der Waals surface area contributed by atoms with E-state index in [1.165, 1.54) is 6.07 Å². The number of anilines is 1. The molecule has 16 heavy (non-hydrogen) atoms. The highest BCUT2D eigenvalue weighted by Crippen LogP contribution is 2.21. The third kappa shape index (κ3) is 3.50. The van der Waals surface area contributed by atoms with Crippen LogP contribution in [0, 0.1) is 0 Å². The molecule has 0 heterocycles. The summed E-state index contributed by atoms with van der Waals surface area (Å²) in [7, 11) is -1.39. The van der Waals surface area contributed by atoms with Crippen molar-refractivity contribution >= 4 is 34.0 Å². The fraction of sp³-hybridized carbons (Fsp3) is 0.300. The number of carbonyl (C=O) groups is 1. The van der Waals surface area contributed by atoms with Gasteiger partial charge < -0.3 is 11.1 Å². The average molecular weight is 261 g/mol. The number of amides is 1. The molecule has 1 amide bonds. The average Bonchev–Trinajstić information content (AvgIpc) is 2.22. The van der Waals surface area contributed by atoms with E-state index >= 15 is 0 Å². The lowest BCUT2D eigenvalue weighted by atomic mass is 10.3. The number of nitrogen functional groups attached to an aromatic ring is 1. The van der Waals surface area contributed by atoms with Gasteiger partial charge in [0.2, 0.25) is 5.91 Å². The molecule has 3 N–H and O–H groups in total. The van der Waals surface area contributed by atoms with E-state index in [4.69, 9.17) is 17.3 Å². The summed E-state index contributed by atoms with van der Waals surface area (Å²) in [6, 6.07) is 4.70. The maximum atomic E-state index is 11.7. The molecule has 0 fully saturated rings. The van der Waals surface area contributed by atoms with Gasteiger partial charge in [0.15, 0.2) is 0 Å². The monoisotopic (exact) mass is 260 g/mol. The van der Waals surface area contributed by atoms with Gasteiger partial charge in [-0.3, -0.25) is 9.00 Å². The maximum Gasteiger partial charge on any atom is 0.232 e. The molecule has 4 nitrogen and oxygen atoms in total. The predicted octanol–water partition coefficient (Wildman–Crippen LogP) is 1.17. The van der Waals surface area contributed by atoms with Crippen LogP contribution in [0.1, 0.15) is 6.92 Å². The summed E-state index contributed by atoms with van der Waals surface area (Å²) in [6.07, 6.45) is 0. The molecule has 1 aromatic rings. The number of hydrogen-bond acceptors (Lipinski definition) is 3. The minimum atomic E-state index is -1.39. The van der Waals surface area contributed by atoms with E-state index < -0.39 is 10.8 Å². The topological polar surface area (TPSA) is 72.2 Å². The Morgan fingerprint density at radius 3 is 2.81 bits per heavy atom. The summed E-state index contributed by atoms with van der Waals surface area (Å²) in [4.78, 5) is 11.7. The first-order valence-electron chi connectivity index (χ1n) is 4.74. The van der Waals surface area contributed by atoms with E-state index in [1.54, 1.807) is 19.1 Å². The first-order valence-corrected chi connectivity index (χ1v) is 6.44. The Balaban J connectivity index is 2.73. The van der Waals surface area contributed by atoms with E-state index in [9.17, 15) is 9.00 Å². The Morgan fingerprint density at radius 1 is 1.56 bits per heavy atom. The van der Waals surface area contributed by atoms with Gasteiger partial charge in [-0.15, -0.1) is 0 Å². The molecule has 0 saturated carbocycles. The van der Waals surface area contributed by atoms with Gasteiger partial charge in [-0.25, -0.2) is 0 Å². The van der Waals surface area contributed by atoms with Crippen molar-refractivity contribution in [3.8, 4) is 0 Å². The van der Waals surface area contributed by atoms with Crippen molar-refractivity contribution < 1.29 is 9.00 Å². The van der Waals surface area contributed by atoms with Crippen LogP contribution in [0.3, 0.4) is 0 Å². The minimum absolute atomic E-state index is 0.0614. The Morgan fingerprint density at radius 2 is 2.25 bits per heavy atom. The molecule has 0 saturated heterocycles. The van der Waals surface area contributed by atoms with Crippen LogP contribution < -0.4 is 11.1 Å². The summed E-state index contributed by atoms with van der Waals surface area (Å²) in [5.41, 5.74) is 5.96. The molecule has 0 aliphatic heterocycles. The highest BCUT2D eigenvalue weighted by molar-refractivity contribution is 7.85. The van der Waals surface area contributed by atoms with Gasteiger partial charge in [0.1, 0.15) is 5.75 Å². The van der Waals surface area contributed by atoms with Crippen LogP contribution in [0.2, 0.25) is 5.02 Å². The van der Waals surface area contributed by atoms with Gasteiger partial charge in [0.05, 0.1) is 21.5 Å². The zero-order valence-electron chi connectivity index (χ0n) is 8.83. The first kappa shape index (κ1) is 13.0. The summed E-state index contributed by atoms with van der Waals surface area (Å²) in [6.45, 7) is 2.33. The zero-order chi connectivity index (χ0) is 12.1. The molecule has 1 aromatic carbocycles. The third-order valence-corrected chi connectivity index (χ3v) is 3.50. The smallest absolute Gasteiger partial charge is 0.232 e. The molecule has 6 heteroatoms. The lowest BCUT2D eigenvalue weighted by Gasteiger charge is -2.04. The number of hydrogen-bond donors (Lipinski definition) is 2. The fourth-order valence-corrected chi connectivity index (χ4v) is 2.32. The maximum absolute atomic E-state index is 11.7. The molecular formula is C10H13ClN2O2S. The standard InChI is InChI=1S/C10H13ClN2O2S/c1-2-13-10(14)6-16(15)7-3-4-9(12)8(11)5-7/h3-5H,2,6,12H2,1H3,(H,13,14). The number of rotatable bonds is 4. The van der Waals surface area contributed by atoms with Gasteiger partial charge in [-0.2, -0.15) is 0 Å². The second kappa shape index (κ2) is 5.86. The summed E-state index contributed by atoms with van der Waals surface area (Å²) in [5.74, 6) is -0.303. The largest absolute Gasteiger partial charge is 0.398 e. The van der Waals surface area contributed by atoms with Crippen molar-refractivity contribution in [2.45, 2.75) is 11.8 Å². The minimum Gasteiger partial charge on any atom is -0.398 e. The molecule has 88 valence electrons. The highest BCUT2D eigenvalue weighted by Gasteiger charge is 2.10. The molecule has 0 aromatic heterocycles. The highest BCUT2D eigenvalue weighted by atomic mass is 35.5. The molecule has 0 radical (unpaired) electrons. The van der Waals surface area contributed by atoms with Crippen LogP contribution in [0.5, 0.6) is 0 Å². The third-order valence-electron chi connectivity index (χ3n) is 1.87. The Hall–Kier alpha value is -1.07. The number of nitrogens with two attached hydrogens (primary N) is 1. The molecule has 1 unspecified atom stereocenters. The van der Waals surface area contributed by atoms with Crippen molar-refractivity contribution in [2.24, 2.45) is 0 Å². The zero-order valence-corrected chi connectivity index (χ0v) is 10.4. The Labute approximate surface area is 102 Å². The van der Waals surface area contributed by atoms with Crippen LogP contribution in [-0.4, -0.2) is 22.4 Å². The van der Waals surface area contributed by atoms with Gasteiger partial charge >= 0.3 is 0 Å². The molecule has 0 aliphatic rings. The Kier molecular flexibility index (Phi) is 4.76. The molecule has 0 bridgehead atoms. The van der Waals surface area contributed by atoms with E-state index in [1.807, 2.05) is 0 Å².